The maximum Gasteiger partial charge on any atom is 0.232 e. The number of morpholine rings is 1. The topological polar surface area (TPSA) is 89.3 Å². The van der Waals surface area contributed by atoms with Crippen LogP contribution in [0.15, 0.2) is 29.4 Å². The first kappa shape index (κ1) is 20.1. The van der Waals surface area contributed by atoms with Crippen molar-refractivity contribution >= 4 is 27.7 Å². The van der Waals surface area contributed by atoms with Gasteiger partial charge in [0, 0.05) is 18.8 Å². The molecule has 1 aromatic heterocycles. The molecule has 0 amide bonds. The van der Waals surface area contributed by atoms with Crippen LogP contribution in [0.3, 0.4) is 0 Å². The number of sulfonamides is 1. The van der Waals surface area contributed by atoms with E-state index in [4.69, 9.17) is 4.74 Å². The molecule has 0 atom stereocenters. The summed E-state index contributed by atoms with van der Waals surface area (Å²) in [6.45, 7) is 4.95. The van der Waals surface area contributed by atoms with Crippen molar-refractivity contribution in [3.63, 3.8) is 0 Å². The molecule has 8 nitrogen and oxygen atoms in total. The Morgan fingerprint density at radius 1 is 1.22 bits per heavy atom. The number of rotatable bonds is 8. The van der Waals surface area contributed by atoms with E-state index >= 15 is 0 Å². The van der Waals surface area contributed by atoms with E-state index in [9.17, 15) is 8.42 Å². The molecule has 1 fully saturated rings. The van der Waals surface area contributed by atoms with Gasteiger partial charge in [-0.3, -0.25) is 4.57 Å². The lowest BCUT2D eigenvalue weighted by molar-refractivity contribution is 0.122. The van der Waals surface area contributed by atoms with Crippen LogP contribution in [0.1, 0.15) is 12.0 Å². The third-order valence-corrected chi connectivity index (χ3v) is 6.83. The zero-order valence-electron chi connectivity index (χ0n) is 15.6. The standard InChI is InChI=1S/C17H25N5O3S2/c1-14-6-3-4-7-15(14)22-16(21-8-10-25-11-9-21)19-20-17(22)26-12-5-13-27(23,24)18-2/h3-4,6-7,18H,5,8-13H2,1-2H3. The van der Waals surface area contributed by atoms with Crippen LogP contribution in [-0.2, 0) is 14.8 Å². The Labute approximate surface area is 164 Å². The second-order valence-electron chi connectivity index (χ2n) is 6.23. The first-order valence-electron chi connectivity index (χ1n) is 8.90. The van der Waals surface area contributed by atoms with Crippen LogP contribution in [0.2, 0.25) is 0 Å². The molecule has 0 spiro atoms. The van der Waals surface area contributed by atoms with Gasteiger partial charge in [0.15, 0.2) is 5.16 Å². The summed E-state index contributed by atoms with van der Waals surface area (Å²) < 4.78 is 33.0. The average molecular weight is 412 g/mol. The van der Waals surface area contributed by atoms with Gasteiger partial charge in [-0.1, -0.05) is 30.0 Å². The van der Waals surface area contributed by atoms with Crippen molar-refractivity contribution < 1.29 is 13.2 Å². The summed E-state index contributed by atoms with van der Waals surface area (Å²) in [6.07, 6.45) is 0.543. The highest BCUT2D eigenvalue weighted by Gasteiger charge is 2.22. The maximum atomic E-state index is 11.6. The number of aryl methyl sites for hydroxylation is 1. The van der Waals surface area contributed by atoms with Gasteiger partial charge < -0.3 is 9.64 Å². The monoisotopic (exact) mass is 411 g/mol. The average Bonchev–Trinajstić information content (AvgIpc) is 3.10. The highest BCUT2D eigenvalue weighted by molar-refractivity contribution is 7.99. The Morgan fingerprint density at radius 2 is 1.96 bits per heavy atom. The molecule has 1 saturated heterocycles. The van der Waals surface area contributed by atoms with Crippen LogP contribution in [0.5, 0.6) is 0 Å². The van der Waals surface area contributed by atoms with Gasteiger partial charge in [-0.05, 0) is 32.0 Å². The summed E-state index contributed by atoms with van der Waals surface area (Å²) in [5, 5.41) is 9.60. The van der Waals surface area contributed by atoms with Gasteiger partial charge in [0.1, 0.15) is 0 Å². The molecule has 0 unspecified atom stereocenters. The number of hydrogen-bond donors (Lipinski definition) is 1. The number of benzene rings is 1. The fourth-order valence-electron chi connectivity index (χ4n) is 2.86. The van der Waals surface area contributed by atoms with Crippen LogP contribution in [-0.4, -0.2) is 68.0 Å². The Balaban J connectivity index is 1.83. The lowest BCUT2D eigenvalue weighted by atomic mass is 10.2. The van der Waals surface area contributed by atoms with E-state index in [-0.39, 0.29) is 5.75 Å². The molecule has 27 heavy (non-hydrogen) atoms. The van der Waals surface area contributed by atoms with Crippen molar-refractivity contribution in [1.82, 2.24) is 19.5 Å². The molecule has 0 radical (unpaired) electrons. The Kier molecular flexibility index (Phi) is 6.74. The third-order valence-electron chi connectivity index (χ3n) is 4.37. The Bertz CT molecular complexity index is 863. The summed E-state index contributed by atoms with van der Waals surface area (Å²) in [5.41, 5.74) is 2.17. The molecule has 0 saturated carbocycles. The molecule has 148 valence electrons. The highest BCUT2D eigenvalue weighted by atomic mass is 32.2. The fourth-order valence-corrected chi connectivity index (χ4v) is 4.65. The lowest BCUT2D eigenvalue weighted by Crippen LogP contribution is -2.38. The SMILES string of the molecule is CNS(=O)(=O)CCCSc1nnc(N2CCOCC2)n1-c1ccccc1C. The summed E-state index contributed by atoms with van der Waals surface area (Å²) in [6, 6.07) is 8.12. The highest BCUT2D eigenvalue weighted by Crippen LogP contribution is 2.29. The van der Waals surface area contributed by atoms with Gasteiger partial charge in [0.25, 0.3) is 0 Å². The summed E-state index contributed by atoms with van der Waals surface area (Å²) in [4.78, 5) is 2.18. The van der Waals surface area contributed by atoms with E-state index in [0.29, 0.717) is 25.4 Å². The summed E-state index contributed by atoms with van der Waals surface area (Å²) >= 11 is 1.53. The summed E-state index contributed by atoms with van der Waals surface area (Å²) in [7, 11) is -1.75. The van der Waals surface area contributed by atoms with Crippen LogP contribution in [0, 0.1) is 6.92 Å². The van der Waals surface area contributed by atoms with E-state index in [2.05, 4.69) is 43.4 Å². The first-order valence-corrected chi connectivity index (χ1v) is 11.5. The molecule has 0 bridgehead atoms. The largest absolute Gasteiger partial charge is 0.378 e. The van der Waals surface area contributed by atoms with E-state index in [1.165, 1.54) is 18.8 Å². The molecule has 1 aromatic carbocycles. The van der Waals surface area contributed by atoms with Gasteiger partial charge in [0.2, 0.25) is 16.0 Å². The van der Waals surface area contributed by atoms with E-state index in [1.807, 2.05) is 12.1 Å². The number of thioether (sulfide) groups is 1. The van der Waals surface area contributed by atoms with Crippen molar-refractivity contribution in [2.75, 3.05) is 49.8 Å². The molecular weight excluding hydrogens is 386 g/mol. The van der Waals surface area contributed by atoms with E-state index < -0.39 is 10.0 Å². The predicted octanol–water partition coefficient (Wildman–Crippen LogP) is 1.44. The Morgan fingerprint density at radius 3 is 2.67 bits per heavy atom. The molecule has 2 aromatic rings. The number of ether oxygens (including phenoxy) is 1. The molecule has 1 N–H and O–H groups in total. The number of anilines is 1. The van der Waals surface area contributed by atoms with Crippen molar-refractivity contribution in [1.29, 1.82) is 0 Å². The third kappa shape index (κ3) is 5.01. The minimum atomic E-state index is -3.18. The number of nitrogens with one attached hydrogen (secondary N) is 1. The number of hydrogen-bond acceptors (Lipinski definition) is 7. The van der Waals surface area contributed by atoms with E-state index in [1.54, 1.807) is 0 Å². The minimum Gasteiger partial charge on any atom is -0.378 e. The van der Waals surface area contributed by atoms with Crippen molar-refractivity contribution in [3.05, 3.63) is 29.8 Å². The molecule has 0 aliphatic carbocycles. The lowest BCUT2D eigenvalue weighted by Gasteiger charge is -2.28. The van der Waals surface area contributed by atoms with Gasteiger partial charge in [-0.25, -0.2) is 13.1 Å². The predicted molar refractivity (Wildman–Crippen MR) is 107 cm³/mol. The fraction of sp³-hybridized carbons (Fsp3) is 0.529. The maximum absolute atomic E-state index is 11.6. The second-order valence-corrected chi connectivity index (χ2v) is 9.34. The van der Waals surface area contributed by atoms with Crippen molar-refractivity contribution in [2.45, 2.75) is 18.5 Å². The van der Waals surface area contributed by atoms with Crippen LogP contribution < -0.4 is 9.62 Å². The number of aromatic nitrogens is 3. The number of para-hydroxylation sites is 1. The molecule has 10 heteroatoms. The van der Waals surface area contributed by atoms with Crippen LogP contribution >= 0.6 is 11.8 Å². The van der Waals surface area contributed by atoms with Gasteiger partial charge in [-0.15, -0.1) is 10.2 Å². The Hall–Kier alpha value is -1.62. The zero-order chi connectivity index (χ0) is 19.3. The van der Waals surface area contributed by atoms with Crippen molar-refractivity contribution in [3.8, 4) is 5.69 Å². The quantitative estimate of drug-likeness (QED) is 0.519. The molecule has 2 heterocycles. The van der Waals surface area contributed by atoms with E-state index in [0.717, 1.165) is 35.4 Å². The van der Waals surface area contributed by atoms with Crippen molar-refractivity contribution in [2.24, 2.45) is 0 Å². The molecule has 3 rings (SSSR count). The molecule has 1 aliphatic rings. The number of nitrogens with zero attached hydrogens (tertiary/aromatic N) is 4. The van der Waals surface area contributed by atoms with Gasteiger partial charge in [-0.2, -0.15) is 0 Å². The second kappa shape index (κ2) is 9.05. The normalized spacial score (nSPS) is 15.3. The zero-order valence-corrected chi connectivity index (χ0v) is 17.2. The minimum absolute atomic E-state index is 0.103. The van der Waals surface area contributed by atoms with Gasteiger partial charge in [0.05, 0.1) is 24.7 Å². The first-order chi connectivity index (χ1) is 13.0. The van der Waals surface area contributed by atoms with Crippen LogP contribution in [0.4, 0.5) is 5.95 Å². The molecule has 1 aliphatic heterocycles. The van der Waals surface area contributed by atoms with Gasteiger partial charge >= 0.3 is 0 Å². The van der Waals surface area contributed by atoms with Crippen LogP contribution in [0.25, 0.3) is 5.69 Å². The smallest absolute Gasteiger partial charge is 0.232 e. The molecular formula is C17H25N5O3S2. The summed E-state index contributed by atoms with van der Waals surface area (Å²) in [5.74, 6) is 1.55.